The molecule has 5 nitrogen and oxygen atoms in total. The molecule has 21 heavy (non-hydrogen) atoms. The van der Waals surface area contributed by atoms with Crippen molar-refractivity contribution >= 4 is 5.91 Å². The van der Waals surface area contributed by atoms with E-state index in [1.54, 1.807) is 7.11 Å². The molecule has 0 radical (unpaired) electrons. The average molecular weight is 294 g/mol. The van der Waals surface area contributed by atoms with Crippen LogP contribution < -0.4 is 0 Å². The molecule has 0 aromatic carbocycles. The molecule has 1 atom stereocenters. The Hall–Kier alpha value is -1.36. The molecule has 0 bridgehead atoms. The van der Waals surface area contributed by atoms with Crippen LogP contribution in [0.3, 0.4) is 0 Å². The molecule has 1 aliphatic heterocycles. The van der Waals surface area contributed by atoms with E-state index in [0.717, 1.165) is 49.2 Å². The Morgan fingerprint density at radius 3 is 2.81 bits per heavy atom. The summed E-state index contributed by atoms with van der Waals surface area (Å²) in [5, 5.41) is 3.93. The largest absolute Gasteiger partial charge is 0.382 e. The number of methoxy groups -OCH3 is 1. The monoisotopic (exact) mass is 294 g/mol. The van der Waals surface area contributed by atoms with Gasteiger partial charge in [-0.3, -0.25) is 4.79 Å². The number of carbonyl (C=O) groups excluding carboxylic acids is 1. The lowest BCUT2D eigenvalue weighted by Gasteiger charge is -2.38. The first-order valence-corrected chi connectivity index (χ1v) is 7.75. The van der Waals surface area contributed by atoms with Crippen LogP contribution in [0.2, 0.25) is 0 Å². The Morgan fingerprint density at radius 1 is 1.48 bits per heavy atom. The van der Waals surface area contributed by atoms with Gasteiger partial charge in [-0.05, 0) is 33.1 Å². The summed E-state index contributed by atoms with van der Waals surface area (Å²) in [6.45, 7) is 7.35. The third-order valence-electron chi connectivity index (χ3n) is 4.54. The van der Waals surface area contributed by atoms with Gasteiger partial charge in [0, 0.05) is 19.2 Å². The molecule has 2 heterocycles. The summed E-state index contributed by atoms with van der Waals surface area (Å²) in [5.74, 6) is 0.903. The number of hydrogen-bond acceptors (Lipinski definition) is 4. The molecule has 1 amide bonds. The number of amides is 1. The third kappa shape index (κ3) is 3.12. The summed E-state index contributed by atoms with van der Waals surface area (Å²) in [7, 11) is 1.71. The molecule has 2 rings (SSSR count). The highest BCUT2D eigenvalue weighted by Crippen LogP contribution is 2.34. The second kappa shape index (κ2) is 6.60. The Balaban J connectivity index is 2.17. The fourth-order valence-corrected chi connectivity index (χ4v) is 3.54. The highest BCUT2D eigenvalue weighted by atomic mass is 16.5. The number of rotatable bonds is 6. The van der Waals surface area contributed by atoms with Gasteiger partial charge in [-0.1, -0.05) is 18.5 Å². The maximum atomic E-state index is 12.8. The van der Waals surface area contributed by atoms with Gasteiger partial charge in [-0.25, -0.2) is 0 Å². The molecule has 0 saturated carbocycles. The Morgan fingerprint density at radius 2 is 2.24 bits per heavy atom. The number of aryl methyl sites for hydroxylation is 2. The second-order valence-corrected chi connectivity index (χ2v) is 6.04. The van der Waals surface area contributed by atoms with Gasteiger partial charge in [0.2, 0.25) is 5.91 Å². The van der Waals surface area contributed by atoms with Crippen LogP contribution in [0.4, 0.5) is 0 Å². The van der Waals surface area contributed by atoms with Crippen molar-refractivity contribution in [3.63, 3.8) is 0 Å². The molecule has 1 aromatic heterocycles. The van der Waals surface area contributed by atoms with Crippen LogP contribution in [0, 0.1) is 13.8 Å². The highest BCUT2D eigenvalue weighted by molar-refractivity contribution is 5.80. The maximum absolute atomic E-state index is 12.8. The molecule has 5 heteroatoms. The second-order valence-electron chi connectivity index (χ2n) is 6.04. The summed E-state index contributed by atoms with van der Waals surface area (Å²) < 4.78 is 10.6. The zero-order chi connectivity index (χ0) is 15.5. The minimum atomic E-state index is -0.125. The van der Waals surface area contributed by atoms with Gasteiger partial charge in [0.05, 0.1) is 24.3 Å². The van der Waals surface area contributed by atoms with Gasteiger partial charge >= 0.3 is 0 Å². The Bertz CT molecular complexity index is 470. The zero-order valence-electron chi connectivity index (χ0n) is 13.6. The maximum Gasteiger partial charge on any atom is 0.227 e. The molecule has 0 aliphatic carbocycles. The van der Waals surface area contributed by atoms with E-state index in [2.05, 4.69) is 12.1 Å². The van der Waals surface area contributed by atoms with Gasteiger partial charge in [0.25, 0.3) is 0 Å². The zero-order valence-corrected chi connectivity index (χ0v) is 13.6. The number of aromatic nitrogens is 1. The summed E-state index contributed by atoms with van der Waals surface area (Å²) in [6, 6.07) is 0. The fourth-order valence-electron chi connectivity index (χ4n) is 3.54. The number of nitrogens with zero attached hydrogens (tertiary/aromatic N) is 2. The van der Waals surface area contributed by atoms with E-state index in [-0.39, 0.29) is 11.4 Å². The van der Waals surface area contributed by atoms with Gasteiger partial charge in [-0.2, -0.15) is 0 Å². The fraction of sp³-hybridized carbons (Fsp3) is 0.750. The molecule has 1 saturated heterocycles. The number of likely N-dealkylation sites (tertiary alicyclic amines) is 1. The molecule has 1 fully saturated rings. The van der Waals surface area contributed by atoms with Crippen LogP contribution in [0.5, 0.6) is 0 Å². The smallest absolute Gasteiger partial charge is 0.227 e. The van der Waals surface area contributed by atoms with E-state index < -0.39 is 0 Å². The summed E-state index contributed by atoms with van der Waals surface area (Å²) in [5.41, 5.74) is 1.61. The van der Waals surface area contributed by atoms with Gasteiger partial charge in [0.15, 0.2) is 0 Å². The van der Waals surface area contributed by atoms with Crippen LogP contribution in [0.1, 0.15) is 49.6 Å². The first-order valence-electron chi connectivity index (χ1n) is 7.75. The predicted molar refractivity (Wildman–Crippen MR) is 80.1 cm³/mol. The van der Waals surface area contributed by atoms with Gasteiger partial charge < -0.3 is 14.2 Å². The molecule has 118 valence electrons. The number of hydrogen-bond donors (Lipinski definition) is 0. The third-order valence-corrected chi connectivity index (χ3v) is 4.54. The molecule has 0 unspecified atom stereocenters. The van der Waals surface area contributed by atoms with Crippen LogP contribution in [0.15, 0.2) is 4.52 Å². The summed E-state index contributed by atoms with van der Waals surface area (Å²) >= 11 is 0. The van der Waals surface area contributed by atoms with Crippen LogP contribution in [-0.2, 0) is 16.0 Å². The van der Waals surface area contributed by atoms with Crippen molar-refractivity contribution in [1.29, 1.82) is 0 Å². The standard InChI is InChI=1S/C16H26N2O3/c1-5-7-16(11-20-4)8-6-9-18(16)15(19)10-14-12(2)17-21-13(14)3/h5-11H2,1-4H3/t16-/m1/s1. The van der Waals surface area contributed by atoms with E-state index >= 15 is 0 Å². The highest BCUT2D eigenvalue weighted by Gasteiger charge is 2.42. The van der Waals surface area contributed by atoms with Crippen molar-refractivity contribution in [1.82, 2.24) is 10.1 Å². The van der Waals surface area contributed by atoms with Crippen molar-refractivity contribution in [2.24, 2.45) is 0 Å². The SMILES string of the molecule is CCC[C@]1(COC)CCCN1C(=O)Cc1c(C)noc1C. The summed E-state index contributed by atoms with van der Waals surface area (Å²) in [4.78, 5) is 14.8. The summed E-state index contributed by atoms with van der Waals surface area (Å²) in [6.07, 6.45) is 4.50. The van der Waals surface area contributed by atoms with E-state index in [1.165, 1.54) is 0 Å². The topological polar surface area (TPSA) is 55.6 Å². The van der Waals surface area contributed by atoms with E-state index in [9.17, 15) is 4.79 Å². The van der Waals surface area contributed by atoms with Crippen LogP contribution in [-0.4, -0.2) is 41.8 Å². The quantitative estimate of drug-likeness (QED) is 0.809. The van der Waals surface area contributed by atoms with Crippen molar-refractivity contribution in [2.75, 3.05) is 20.3 Å². The first kappa shape index (κ1) is 16.0. The first-order chi connectivity index (χ1) is 10.0. The molecule has 1 aromatic rings. The molecule has 0 spiro atoms. The van der Waals surface area contributed by atoms with E-state index in [4.69, 9.17) is 9.26 Å². The van der Waals surface area contributed by atoms with Crippen molar-refractivity contribution in [2.45, 2.75) is 58.4 Å². The normalized spacial score (nSPS) is 22.0. The molecular formula is C16H26N2O3. The van der Waals surface area contributed by atoms with E-state index in [1.807, 2.05) is 18.7 Å². The van der Waals surface area contributed by atoms with Crippen molar-refractivity contribution in [3.8, 4) is 0 Å². The lowest BCUT2D eigenvalue weighted by atomic mass is 9.91. The minimum Gasteiger partial charge on any atom is -0.382 e. The lowest BCUT2D eigenvalue weighted by molar-refractivity contribution is -0.137. The van der Waals surface area contributed by atoms with E-state index in [0.29, 0.717) is 13.0 Å². The van der Waals surface area contributed by atoms with Gasteiger partial charge in [0.1, 0.15) is 5.76 Å². The Kier molecular flexibility index (Phi) is 5.04. The van der Waals surface area contributed by atoms with Crippen LogP contribution in [0.25, 0.3) is 0 Å². The van der Waals surface area contributed by atoms with Crippen molar-refractivity contribution in [3.05, 3.63) is 17.0 Å². The van der Waals surface area contributed by atoms with Crippen molar-refractivity contribution < 1.29 is 14.1 Å². The molecular weight excluding hydrogens is 268 g/mol. The minimum absolute atomic E-state index is 0.125. The number of carbonyl (C=O) groups is 1. The molecule has 0 N–H and O–H groups in total. The lowest BCUT2D eigenvalue weighted by Crippen LogP contribution is -2.51. The predicted octanol–water partition coefficient (Wildman–Crippen LogP) is 2.64. The Labute approximate surface area is 126 Å². The molecule has 1 aliphatic rings. The van der Waals surface area contributed by atoms with Gasteiger partial charge in [-0.15, -0.1) is 0 Å². The van der Waals surface area contributed by atoms with Crippen LogP contribution >= 0.6 is 0 Å². The number of ether oxygens (including phenoxy) is 1. The average Bonchev–Trinajstić information content (AvgIpc) is 2.98.